The van der Waals surface area contributed by atoms with Crippen molar-refractivity contribution >= 4 is 5.82 Å². The number of rotatable bonds is 7. The van der Waals surface area contributed by atoms with Crippen molar-refractivity contribution in [2.75, 3.05) is 39.1 Å². The van der Waals surface area contributed by atoms with Crippen LogP contribution in [-0.4, -0.2) is 50.2 Å². The first-order chi connectivity index (χ1) is 8.65. The van der Waals surface area contributed by atoms with E-state index in [2.05, 4.69) is 54.5 Å². The van der Waals surface area contributed by atoms with Crippen molar-refractivity contribution in [1.29, 1.82) is 0 Å². The van der Waals surface area contributed by atoms with Crippen LogP contribution in [0.3, 0.4) is 0 Å². The molecule has 0 atom stereocenters. The van der Waals surface area contributed by atoms with E-state index in [9.17, 15) is 0 Å². The zero-order valence-corrected chi connectivity index (χ0v) is 11.7. The normalized spacial score (nSPS) is 15.1. The molecule has 4 nitrogen and oxygen atoms in total. The van der Waals surface area contributed by atoms with Gasteiger partial charge in [0.05, 0.1) is 5.69 Å². The Bertz CT molecular complexity index is 374. The Hall–Kier alpha value is -1.13. The predicted octanol–water partition coefficient (Wildman–Crippen LogP) is 1.33. The van der Waals surface area contributed by atoms with Gasteiger partial charge < -0.3 is 15.1 Å². The van der Waals surface area contributed by atoms with E-state index in [1.807, 2.05) is 0 Å². The van der Waals surface area contributed by atoms with Crippen LogP contribution in [0.5, 0.6) is 0 Å². The third kappa shape index (κ3) is 4.27. The second kappa shape index (κ2) is 6.16. The van der Waals surface area contributed by atoms with Crippen molar-refractivity contribution < 1.29 is 0 Å². The lowest BCUT2D eigenvalue weighted by atomic mass is 10.3. The average molecular weight is 248 g/mol. The summed E-state index contributed by atoms with van der Waals surface area (Å²) < 4.78 is 0. The van der Waals surface area contributed by atoms with Crippen LogP contribution < -0.4 is 10.2 Å². The molecule has 1 fully saturated rings. The number of likely N-dealkylation sites (N-methyl/N-ethyl adjacent to an activating group) is 2. The summed E-state index contributed by atoms with van der Waals surface area (Å²) in [6.45, 7) is 2.93. The molecule has 0 amide bonds. The molecular weight excluding hydrogens is 224 g/mol. The maximum atomic E-state index is 4.70. The molecule has 1 aliphatic rings. The Labute approximate surface area is 110 Å². The molecular formula is C14H24N4. The van der Waals surface area contributed by atoms with Crippen LogP contribution >= 0.6 is 0 Å². The van der Waals surface area contributed by atoms with Crippen LogP contribution in [0.15, 0.2) is 18.2 Å². The van der Waals surface area contributed by atoms with E-state index in [0.29, 0.717) is 0 Å². The minimum absolute atomic E-state index is 0.738. The summed E-state index contributed by atoms with van der Waals surface area (Å²) in [6.07, 6.45) is 2.64. The van der Waals surface area contributed by atoms with Gasteiger partial charge in [-0.3, -0.25) is 0 Å². The molecule has 1 heterocycles. The summed E-state index contributed by atoms with van der Waals surface area (Å²) in [4.78, 5) is 9.09. The first kappa shape index (κ1) is 13.3. The van der Waals surface area contributed by atoms with Gasteiger partial charge in [-0.1, -0.05) is 6.07 Å². The number of anilines is 1. The second-order valence-corrected chi connectivity index (χ2v) is 5.37. The molecule has 0 unspecified atom stereocenters. The number of nitrogens with zero attached hydrogens (tertiary/aromatic N) is 3. The fraction of sp³-hybridized carbons (Fsp3) is 0.643. The Morgan fingerprint density at radius 1 is 1.22 bits per heavy atom. The van der Waals surface area contributed by atoms with E-state index in [0.717, 1.165) is 37.2 Å². The van der Waals surface area contributed by atoms with Gasteiger partial charge >= 0.3 is 0 Å². The van der Waals surface area contributed by atoms with Gasteiger partial charge in [0.1, 0.15) is 5.82 Å². The summed E-state index contributed by atoms with van der Waals surface area (Å²) in [7, 11) is 6.29. The Morgan fingerprint density at radius 2 is 2.00 bits per heavy atom. The van der Waals surface area contributed by atoms with Crippen LogP contribution in [-0.2, 0) is 6.54 Å². The van der Waals surface area contributed by atoms with Crippen LogP contribution in [0, 0.1) is 0 Å². The zero-order chi connectivity index (χ0) is 13.0. The molecule has 1 saturated carbocycles. The van der Waals surface area contributed by atoms with Crippen molar-refractivity contribution in [3.8, 4) is 0 Å². The van der Waals surface area contributed by atoms with Crippen LogP contribution in [0.25, 0.3) is 0 Å². The Morgan fingerprint density at radius 3 is 2.67 bits per heavy atom. The Kier molecular flexibility index (Phi) is 4.55. The lowest BCUT2D eigenvalue weighted by molar-refractivity contribution is 0.416. The van der Waals surface area contributed by atoms with Crippen molar-refractivity contribution in [2.24, 2.45) is 0 Å². The fourth-order valence-corrected chi connectivity index (χ4v) is 1.78. The third-order valence-corrected chi connectivity index (χ3v) is 3.21. The maximum absolute atomic E-state index is 4.70. The highest BCUT2D eigenvalue weighted by Crippen LogP contribution is 2.19. The van der Waals surface area contributed by atoms with Gasteiger partial charge in [-0.15, -0.1) is 0 Å². The SMILES string of the molecule is CN(C)CCN(C)c1cccc(CNC2CC2)n1. The van der Waals surface area contributed by atoms with Gasteiger partial charge in [0, 0.05) is 32.7 Å². The molecule has 18 heavy (non-hydrogen) atoms. The molecule has 0 bridgehead atoms. The second-order valence-electron chi connectivity index (χ2n) is 5.37. The van der Waals surface area contributed by atoms with Gasteiger partial charge in [-0.25, -0.2) is 4.98 Å². The molecule has 0 saturated heterocycles. The van der Waals surface area contributed by atoms with E-state index in [1.165, 1.54) is 12.8 Å². The third-order valence-electron chi connectivity index (χ3n) is 3.21. The van der Waals surface area contributed by atoms with Gasteiger partial charge in [0.2, 0.25) is 0 Å². The van der Waals surface area contributed by atoms with E-state index < -0.39 is 0 Å². The maximum Gasteiger partial charge on any atom is 0.128 e. The van der Waals surface area contributed by atoms with Crippen LogP contribution in [0.1, 0.15) is 18.5 Å². The molecule has 100 valence electrons. The van der Waals surface area contributed by atoms with Crippen molar-refractivity contribution in [3.05, 3.63) is 23.9 Å². The molecule has 1 aliphatic carbocycles. The minimum Gasteiger partial charge on any atom is -0.358 e. The monoisotopic (exact) mass is 248 g/mol. The number of nitrogens with one attached hydrogen (secondary N) is 1. The Balaban J connectivity index is 1.88. The summed E-state index contributed by atoms with van der Waals surface area (Å²) in [5, 5.41) is 3.50. The summed E-state index contributed by atoms with van der Waals surface area (Å²) in [6, 6.07) is 7.01. The van der Waals surface area contributed by atoms with E-state index in [4.69, 9.17) is 4.98 Å². The largest absolute Gasteiger partial charge is 0.358 e. The lowest BCUT2D eigenvalue weighted by Crippen LogP contribution is -2.29. The van der Waals surface area contributed by atoms with Crippen LogP contribution in [0.4, 0.5) is 5.82 Å². The molecule has 0 aromatic carbocycles. The summed E-state index contributed by atoms with van der Waals surface area (Å²) in [5.74, 6) is 1.06. The molecule has 2 rings (SSSR count). The van der Waals surface area contributed by atoms with Crippen molar-refractivity contribution in [1.82, 2.24) is 15.2 Å². The summed E-state index contributed by atoms with van der Waals surface area (Å²) in [5.41, 5.74) is 1.14. The van der Waals surface area contributed by atoms with Crippen LogP contribution in [0.2, 0.25) is 0 Å². The van der Waals surface area contributed by atoms with Crippen molar-refractivity contribution in [2.45, 2.75) is 25.4 Å². The number of aromatic nitrogens is 1. The predicted molar refractivity (Wildman–Crippen MR) is 75.9 cm³/mol. The molecule has 1 aromatic rings. The lowest BCUT2D eigenvalue weighted by Gasteiger charge is -2.21. The molecule has 0 aliphatic heterocycles. The smallest absolute Gasteiger partial charge is 0.128 e. The van der Waals surface area contributed by atoms with E-state index in [-0.39, 0.29) is 0 Å². The average Bonchev–Trinajstić information content (AvgIpc) is 3.18. The van der Waals surface area contributed by atoms with E-state index >= 15 is 0 Å². The molecule has 0 spiro atoms. The summed E-state index contributed by atoms with van der Waals surface area (Å²) >= 11 is 0. The number of hydrogen-bond acceptors (Lipinski definition) is 4. The highest BCUT2D eigenvalue weighted by Gasteiger charge is 2.20. The number of pyridine rings is 1. The quantitative estimate of drug-likeness (QED) is 0.789. The standard InChI is InChI=1S/C14H24N4/c1-17(2)9-10-18(3)14-6-4-5-13(16-14)11-15-12-7-8-12/h4-6,12,15H,7-11H2,1-3H3. The fourth-order valence-electron chi connectivity index (χ4n) is 1.78. The van der Waals surface area contributed by atoms with E-state index in [1.54, 1.807) is 0 Å². The topological polar surface area (TPSA) is 31.4 Å². The molecule has 0 radical (unpaired) electrons. The van der Waals surface area contributed by atoms with Gasteiger partial charge in [0.25, 0.3) is 0 Å². The highest BCUT2D eigenvalue weighted by molar-refractivity contribution is 5.38. The molecule has 1 aromatic heterocycles. The van der Waals surface area contributed by atoms with Gasteiger partial charge in [-0.05, 0) is 39.1 Å². The van der Waals surface area contributed by atoms with Crippen molar-refractivity contribution in [3.63, 3.8) is 0 Å². The first-order valence-corrected chi connectivity index (χ1v) is 6.70. The molecule has 4 heteroatoms. The molecule has 1 N–H and O–H groups in total. The van der Waals surface area contributed by atoms with Gasteiger partial charge in [0.15, 0.2) is 0 Å². The minimum atomic E-state index is 0.738. The first-order valence-electron chi connectivity index (χ1n) is 6.70. The number of hydrogen-bond donors (Lipinski definition) is 1. The zero-order valence-electron chi connectivity index (χ0n) is 11.7. The highest BCUT2D eigenvalue weighted by atomic mass is 15.2. The van der Waals surface area contributed by atoms with Gasteiger partial charge in [-0.2, -0.15) is 0 Å².